The van der Waals surface area contributed by atoms with Gasteiger partial charge >= 0.3 is 5.97 Å². The van der Waals surface area contributed by atoms with E-state index in [-0.39, 0.29) is 18.4 Å². The highest BCUT2D eigenvalue weighted by Gasteiger charge is 2.20. The maximum atomic E-state index is 12.7. The Labute approximate surface area is 166 Å². The van der Waals surface area contributed by atoms with Crippen LogP contribution in [0.4, 0.5) is 0 Å². The van der Waals surface area contributed by atoms with Crippen LogP contribution in [-0.2, 0) is 22.3 Å². The van der Waals surface area contributed by atoms with Gasteiger partial charge in [-0.2, -0.15) is 0 Å². The number of fused-ring (bicyclic) bond motifs is 1. The Kier molecular flexibility index (Phi) is 6.35. The molecule has 0 unspecified atom stereocenters. The van der Waals surface area contributed by atoms with E-state index in [4.69, 9.17) is 9.47 Å². The maximum absolute atomic E-state index is 12.7. The first-order valence-electron chi connectivity index (χ1n) is 9.92. The summed E-state index contributed by atoms with van der Waals surface area (Å²) in [5, 5.41) is 0. The molecular formula is C23H29NO4. The molecule has 1 atom stereocenters. The summed E-state index contributed by atoms with van der Waals surface area (Å²) in [6, 6.07) is 7.72. The van der Waals surface area contributed by atoms with E-state index < -0.39 is 5.97 Å². The number of nitrogens with zero attached hydrogens (tertiary/aromatic N) is 1. The van der Waals surface area contributed by atoms with Crippen molar-refractivity contribution in [2.24, 2.45) is 0 Å². The second-order valence-electron chi connectivity index (χ2n) is 7.65. The zero-order valence-corrected chi connectivity index (χ0v) is 17.2. The van der Waals surface area contributed by atoms with E-state index in [9.17, 15) is 9.59 Å². The predicted octanol–water partition coefficient (Wildman–Crippen LogP) is 4.23. The van der Waals surface area contributed by atoms with E-state index in [0.717, 1.165) is 30.7 Å². The lowest BCUT2D eigenvalue weighted by molar-refractivity contribution is 0.0474. The number of hydrogen-bond acceptors (Lipinski definition) is 4. The SMILES string of the molecule is COC[C@@H](C)n1c(C)cc(C(=O)COC(=O)c2ccc3c(c2)CCCC3)c1C. The van der Waals surface area contributed by atoms with E-state index >= 15 is 0 Å². The lowest BCUT2D eigenvalue weighted by Gasteiger charge is -2.17. The topological polar surface area (TPSA) is 57.5 Å². The molecule has 0 aliphatic heterocycles. The van der Waals surface area contributed by atoms with Gasteiger partial charge in [-0.15, -0.1) is 0 Å². The molecule has 1 aromatic carbocycles. The summed E-state index contributed by atoms with van der Waals surface area (Å²) in [7, 11) is 1.66. The van der Waals surface area contributed by atoms with Gasteiger partial charge in [-0.1, -0.05) is 6.07 Å². The zero-order valence-electron chi connectivity index (χ0n) is 17.2. The molecule has 150 valence electrons. The quantitative estimate of drug-likeness (QED) is 0.530. The lowest BCUT2D eigenvalue weighted by atomic mass is 9.90. The predicted molar refractivity (Wildman–Crippen MR) is 108 cm³/mol. The van der Waals surface area contributed by atoms with Crippen LogP contribution in [0.2, 0.25) is 0 Å². The van der Waals surface area contributed by atoms with Crippen LogP contribution >= 0.6 is 0 Å². The normalized spacial score (nSPS) is 14.4. The highest BCUT2D eigenvalue weighted by atomic mass is 16.5. The fourth-order valence-electron chi connectivity index (χ4n) is 4.21. The van der Waals surface area contributed by atoms with Gasteiger partial charge in [-0.25, -0.2) is 4.79 Å². The second kappa shape index (κ2) is 8.74. The van der Waals surface area contributed by atoms with Crippen LogP contribution in [0.5, 0.6) is 0 Å². The highest BCUT2D eigenvalue weighted by Crippen LogP contribution is 2.23. The fourth-order valence-corrected chi connectivity index (χ4v) is 4.21. The molecule has 0 bridgehead atoms. The number of aromatic nitrogens is 1. The first-order chi connectivity index (χ1) is 13.4. The maximum Gasteiger partial charge on any atom is 0.338 e. The Morgan fingerprint density at radius 3 is 2.54 bits per heavy atom. The number of aryl methyl sites for hydroxylation is 3. The molecule has 1 heterocycles. The van der Waals surface area contributed by atoms with Crippen LogP contribution < -0.4 is 0 Å². The minimum Gasteiger partial charge on any atom is -0.454 e. The number of methoxy groups -OCH3 is 1. The van der Waals surface area contributed by atoms with Crippen molar-refractivity contribution in [2.75, 3.05) is 20.3 Å². The number of Topliss-reactive ketones (excluding diaryl/α,β-unsaturated/α-hetero) is 1. The summed E-state index contributed by atoms with van der Waals surface area (Å²) in [5.74, 6) is -0.626. The van der Waals surface area contributed by atoms with Crippen molar-refractivity contribution in [2.45, 2.75) is 52.5 Å². The van der Waals surface area contributed by atoms with Crippen LogP contribution in [0, 0.1) is 13.8 Å². The Morgan fingerprint density at radius 2 is 1.82 bits per heavy atom. The van der Waals surface area contributed by atoms with E-state index in [1.807, 2.05) is 39.0 Å². The van der Waals surface area contributed by atoms with Crippen molar-refractivity contribution in [3.05, 3.63) is 57.9 Å². The van der Waals surface area contributed by atoms with Gasteiger partial charge in [-0.05, 0) is 75.8 Å². The molecule has 1 aliphatic carbocycles. The van der Waals surface area contributed by atoms with E-state index in [2.05, 4.69) is 4.57 Å². The largest absolute Gasteiger partial charge is 0.454 e. The minimum atomic E-state index is -0.441. The number of benzene rings is 1. The van der Waals surface area contributed by atoms with Crippen molar-refractivity contribution in [3.8, 4) is 0 Å². The summed E-state index contributed by atoms with van der Waals surface area (Å²) >= 11 is 0. The van der Waals surface area contributed by atoms with Gasteiger partial charge in [0.1, 0.15) is 0 Å². The second-order valence-corrected chi connectivity index (χ2v) is 7.65. The Bertz CT molecular complexity index is 881. The number of ether oxygens (including phenoxy) is 2. The first kappa shape index (κ1) is 20.3. The van der Waals surface area contributed by atoms with Gasteiger partial charge in [-0.3, -0.25) is 4.79 Å². The molecule has 2 aromatic rings. The third-order valence-electron chi connectivity index (χ3n) is 5.55. The molecule has 0 amide bonds. The van der Waals surface area contributed by atoms with Gasteiger partial charge in [0.2, 0.25) is 5.78 Å². The molecule has 0 radical (unpaired) electrons. The molecule has 0 saturated heterocycles. The molecule has 0 saturated carbocycles. The summed E-state index contributed by atoms with van der Waals surface area (Å²) in [5.41, 5.74) is 5.52. The summed E-state index contributed by atoms with van der Waals surface area (Å²) in [4.78, 5) is 25.1. The van der Waals surface area contributed by atoms with Crippen LogP contribution in [-0.4, -0.2) is 36.6 Å². The number of carbonyl (C=O) groups excluding carboxylic acids is 2. The molecule has 1 aromatic heterocycles. The summed E-state index contributed by atoms with van der Waals surface area (Å²) < 4.78 is 12.6. The van der Waals surface area contributed by atoms with Crippen molar-refractivity contribution in [1.82, 2.24) is 4.57 Å². The number of hydrogen-bond donors (Lipinski definition) is 0. The van der Waals surface area contributed by atoms with Crippen LogP contribution in [0.25, 0.3) is 0 Å². The van der Waals surface area contributed by atoms with Crippen molar-refractivity contribution < 1.29 is 19.1 Å². The van der Waals surface area contributed by atoms with Crippen molar-refractivity contribution >= 4 is 11.8 Å². The number of esters is 1. The molecule has 1 aliphatic rings. The van der Waals surface area contributed by atoms with Gasteiger partial charge in [0.05, 0.1) is 18.2 Å². The minimum absolute atomic E-state index is 0.129. The number of carbonyl (C=O) groups is 2. The third kappa shape index (κ3) is 4.20. The molecule has 0 spiro atoms. The average Bonchev–Trinajstić information content (AvgIpc) is 2.99. The molecule has 5 nitrogen and oxygen atoms in total. The van der Waals surface area contributed by atoms with Gasteiger partial charge in [0.15, 0.2) is 6.61 Å². The molecular weight excluding hydrogens is 354 g/mol. The Balaban J connectivity index is 1.67. The van der Waals surface area contributed by atoms with Gasteiger partial charge < -0.3 is 14.0 Å². The van der Waals surface area contributed by atoms with E-state index in [1.165, 1.54) is 17.5 Å². The molecule has 3 rings (SSSR count). The van der Waals surface area contributed by atoms with Crippen LogP contribution in [0.3, 0.4) is 0 Å². The third-order valence-corrected chi connectivity index (χ3v) is 5.55. The summed E-state index contributed by atoms with van der Waals surface area (Å²) in [6.45, 7) is 6.25. The number of rotatable bonds is 7. The molecule has 0 N–H and O–H groups in total. The van der Waals surface area contributed by atoms with Gasteiger partial charge in [0, 0.05) is 24.1 Å². The molecule has 0 fully saturated rings. The first-order valence-corrected chi connectivity index (χ1v) is 9.92. The highest BCUT2D eigenvalue weighted by molar-refractivity contribution is 6.00. The molecule has 5 heteroatoms. The van der Waals surface area contributed by atoms with Crippen molar-refractivity contribution in [3.63, 3.8) is 0 Å². The average molecular weight is 383 g/mol. The Morgan fingerprint density at radius 1 is 1.11 bits per heavy atom. The zero-order chi connectivity index (χ0) is 20.3. The van der Waals surface area contributed by atoms with Crippen LogP contribution in [0.15, 0.2) is 24.3 Å². The monoisotopic (exact) mass is 383 g/mol. The van der Waals surface area contributed by atoms with E-state index in [1.54, 1.807) is 13.2 Å². The fraction of sp³-hybridized carbons (Fsp3) is 0.478. The standard InChI is InChI=1S/C23H29NO4/c1-15-11-21(17(3)24(15)16(2)13-27-4)22(25)14-28-23(26)20-10-9-18-7-5-6-8-19(18)12-20/h9-12,16H,5-8,13-14H2,1-4H3/t16-/m1/s1. The summed E-state index contributed by atoms with van der Waals surface area (Å²) in [6.07, 6.45) is 4.43. The van der Waals surface area contributed by atoms with Gasteiger partial charge in [0.25, 0.3) is 0 Å². The van der Waals surface area contributed by atoms with E-state index in [0.29, 0.717) is 17.7 Å². The number of ketones is 1. The molecule has 28 heavy (non-hydrogen) atoms. The van der Waals surface area contributed by atoms with Crippen LogP contribution in [0.1, 0.15) is 69.0 Å². The smallest absolute Gasteiger partial charge is 0.338 e. The Hall–Kier alpha value is -2.40. The van der Waals surface area contributed by atoms with Crippen molar-refractivity contribution in [1.29, 1.82) is 0 Å². The lowest BCUT2D eigenvalue weighted by Crippen LogP contribution is -2.17.